The van der Waals surface area contributed by atoms with Crippen LogP contribution >= 0.6 is 11.3 Å². The summed E-state index contributed by atoms with van der Waals surface area (Å²) < 4.78 is 4.97. The first-order valence-corrected chi connectivity index (χ1v) is 8.60. The van der Waals surface area contributed by atoms with Gasteiger partial charge in [0.05, 0.1) is 18.0 Å². The summed E-state index contributed by atoms with van der Waals surface area (Å²) >= 11 is 1.09. The highest BCUT2D eigenvalue weighted by Gasteiger charge is 2.17. The van der Waals surface area contributed by atoms with E-state index in [-0.39, 0.29) is 0 Å². The van der Waals surface area contributed by atoms with E-state index in [9.17, 15) is 9.59 Å². The Morgan fingerprint density at radius 2 is 1.88 bits per heavy atom. The number of amides is 2. The van der Waals surface area contributed by atoms with Gasteiger partial charge in [0.2, 0.25) is 0 Å². The van der Waals surface area contributed by atoms with Crippen molar-refractivity contribution >= 4 is 44.9 Å². The molecule has 2 N–H and O–H groups in total. The number of hydrogen-bond donors (Lipinski definition) is 2. The van der Waals surface area contributed by atoms with Crippen molar-refractivity contribution < 1.29 is 14.3 Å². The minimum atomic E-state index is -0.431. The molecule has 3 rings (SSSR count). The van der Waals surface area contributed by atoms with E-state index in [1.807, 2.05) is 42.5 Å². The molecule has 0 aliphatic carbocycles. The monoisotopic (exact) mass is 355 g/mol. The zero-order valence-corrected chi connectivity index (χ0v) is 14.6. The van der Waals surface area contributed by atoms with Crippen molar-refractivity contribution in [2.24, 2.45) is 0 Å². The fourth-order valence-electron chi connectivity index (χ4n) is 2.42. The predicted molar refractivity (Wildman–Crippen MR) is 99.4 cm³/mol. The van der Waals surface area contributed by atoms with Crippen LogP contribution < -0.4 is 10.6 Å². The zero-order chi connectivity index (χ0) is 17.8. The van der Waals surface area contributed by atoms with Crippen LogP contribution in [0.15, 0.2) is 42.5 Å². The molecule has 0 saturated heterocycles. The Hall–Kier alpha value is -2.93. The van der Waals surface area contributed by atoms with Crippen molar-refractivity contribution in [1.29, 1.82) is 0 Å². The van der Waals surface area contributed by atoms with E-state index in [1.165, 1.54) is 0 Å². The number of anilines is 2. The third-order valence-corrected chi connectivity index (χ3v) is 4.57. The van der Waals surface area contributed by atoms with Gasteiger partial charge in [0.15, 0.2) is 5.13 Å². The van der Waals surface area contributed by atoms with Crippen molar-refractivity contribution in [1.82, 2.24) is 4.98 Å². The van der Waals surface area contributed by atoms with E-state index in [0.29, 0.717) is 28.0 Å². The van der Waals surface area contributed by atoms with Gasteiger partial charge in [0, 0.05) is 5.39 Å². The van der Waals surface area contributed by atoms with Crippen LogP contribution in [-0.2, 0) is 4.74 Å². The van der Waals surface area contributed by atoms with Crippen molar-refractivity contribution in [3.8, 4) is 0 Å². The van der Waals surface area contributed by atoms with E-state index in [2.05, 4.69) is 15.6 Å². The molecule has 0 radical (unpaired) electrons. The number of aromatic nitrogens is 1. The molecule has 1 heterocycles. The van der Waals surface area contributed by atoms with Gasteiger partial charge in [0.1, 0.15) is 4.88 Å². The van der Waals surface area contributed by atoms with Crippen molar-refractivity contribution in [2.45, 2.75) is 13.8 Å². The van der Waals surface area contributed by atoms with Crippen LogP contribution in [0, 0.1) is 6.92 Å². The first-order chi connectivity index (χ1) is 12.1. The Balaban J connectivity index is 1.74. The van der Waals surface area contributed by atoms with E-state index >= 15 is 0 Å². The highest BCUT2D eigenvalue weighted by Crippen LogP contribution is 2.25. The number of hydrogen-bond acceptors (Lipinski definition) is 5. The number of benzene rings is 2. The zero-order valence-electron chi connectivity index (χ0n) is 13.8. The number of aryl methyl sites for hydroxylation is 1. The standard InChI is InChI=1S/C18H17N3O3S/c1-3-24-16(22)15-11(2)19-18(25-15)21-17(23)20-14-10-6-8-12-7-4-5-9-13(12)14/h4-10H,3H2,1-2H3,(H2,19,20,21,23). The number of nitrogens with one attached hydrogen (secondary N) is 2. The van der Waals surface area contributed by atoms with Gasteiger partial charge in [-0.25, -0.2) is 14.6 Å². The molecule has 25 heavy (non-hydrogen) atoms. The number of esters is 1. The maximum absolute atomic E-state index is 12.3. The average Bonchev–Trinajstić information content (AvgIpc) is 2.95. The molecule has 0 atom stereocenters. The van der Waals surface area contributed by atoms with Gasteiger partial charge in [-0.05, 0) is 25.3 Å². The summed E-state index contributed by atoms with van der Waals surface area (Å²) in [5, 5.41) is 7.81. The van der Waals surface area contributed by atoms with Crippen molar-refractivity contribution in [3.05, 3.63) is 53.0 Å². The van der Waals surface area contributed by atoms with Crippen LogP contribution in [-0.4, -0.2) is 23.6 Å². The molecule has 1 aromatic heterocycles. The van der Waals surface area contributed by atoms with Gasteiger partial charge in [0.25, 0.3) is 0 Å². The molecular formula is C18H17N3O3S. The Bertz CT molecular complexity index is 931. The molecule has 0 spiro atoms. The highest BCUT2D eigenvalue weighted by atomic mass is 32.1. The van der Waals surface area contributed by atoms with E-state index in [0.717, 1.165) is 22.1 Å². The largest absolute Gasteiger partial charge is 0.462 e. The summed E-state index contributed by atoms with van der Waals surface area (Å²) in [6, 6.07) is 13.1. The second kappa shape index (κ2) is 7.31. The number of thiazole rings is 1. The predicted octanol–water partition coefficient (Wildman–Crippen LogP) is 4.43. The summed E-state index contributed by atoms with van der Waals surface area (Å²) in [6.07, 6.45) is 0. The lowest BCUT2D eigenvalue weighted by Crippen LogP contribution is -2.19. The minimum absolute atomic E-state index is 0.292. The van der Waals surface area contributed by atoms with Crippen LogP contribution in [0.3, 0.4) is 0 Å². The summed E-state index contributed by atoms with van der Waals surface area (Å²) in [6.45, 7) is 3.74. The van der Waals surface area contributed by atoms with Gasteiger partial charge in [-0.2, -0.15) is 0 Å². The van der Waals surface area contributed by atoms with Gasteiger partial charge in [-0.15, -0.1) is 0 Å². The highest BCUT2D eigenvalue weighted by molar-refractivity contribution is 7.17. The van der Waals surface area contributed by atoms with Crippen LogP contribution in [0.1, 0.15) is 22.3 Å². The molecule has 0 fully saturated rings. The SMILES string of the molecule is CCOC(=O)c1sc(NC(=O)Nc2cccc3ccccc23)nc1C. The smallest absolute Gasteiger partial charge is 0.350 e. The molecular weight excluding hydrogens is 338 g/mol. The second-order valence-electron chi connectivity index (χ2n) is 5.26. The van der Waals surface area contributed by atoms with Crippen LogP contribution in [0.2, 0.25) is 0 Å². The Morgan fingerprint density at radius 1 is 1.12 bits per heavy atom. The van der Waals surface area contributed by atoms with E-state index < -0.39 is 12.0 Å². The molecule has 0 bridgehead atoms. The quantitative estimate of drug-likeness (QED) is 0.679. The maximum Gasteiger partial charge on any atom is 0.350 e. The average molecular weight is 355 g/mol. The maximum atomic E-state index is 12.3. The van der Waals surface area contributed by atoms with Crippen LogP contribution in [0.5, 0.6) is 0 Å². The number of carbonyl (C=O) groups excluding carboxylic acids is 2. The van der Waals surface area contributed by atoms with Gasteiger partial charge < -0.3 is 10.1 Å². The van der Waals surface area contributed by atoms with Crippen molar-refractivity contribution in [3.63, 3.8) is 0 Å². The van der Waals surface area contributed by atoms with Gasteiger partial charge in [-0.1, -0.05) is 47.7 Å². The normalized spacial score (nSPS) is 10.5. The summed E-state index contributed by atoms with van der Waals surface area (Å²) in [7, 11) is 0. The summed E-state index contributed by atoms with van der Waals surface area (Å²) in [5.74, 6) is -0.431. The molecule has 7 heteroatoms. The first kappa shape index (κ1) is 16.9. The molecule has 128 valence electrons. The molecule has 3 aromatic rings. The van der Waals surface area contributed by atoms with E-state index in [4.69, 9.17) is 4.74 Å². The summed E-state index contributed by atoms with van der Waals surface area (Å²) in [5.41, 5.74) is 1.23. The lowest BCUT2D eigenvalue weighted by molar-refractivity contribution is 0.0531. The lowest BCUT2D eigenvalue weighted by atomic mass is 10.1. The minimum Gasteiger partial charge on any atom is -0.462 e. The molecule has 0 aliphatic rings. The van der Waals surface area contributed by atoms with Crippen LogP contribution in [0.4, 0.5) is 15.6 Å². The number of carbonyl (C=O) groups is 2. The fourth-order valence-corrected chi connectivity index (χ4v) is 3.28. The second-order valence-corrected chi connectivity index (χ2v) is 6.26. The number of rotatable bonds is 4. The van der Waals surface area contributed by atoms with Gasteiger partial charge in [-0.3, -0.25) is 5.32 Å². The Labute approximate surface area is 148 Å². The molecule has 0 aliphatic heterocycles. The lowest BCUT2D eigenvalue weighted by Gasteiger charge is -2.08. The number of fused-ring (bicyclic) bond motifs is 1. The number of nitrogens with zero attached hydrogens (tertiary/aromatic N) is 1. The molecule has 0 saturated carbocycles. The van der Waals surface area contributed by atoms with Gasteiger partial charge >= 0.3 is 12.0 Å². The first-order valence-electron chi connectivity index (χ1n) is 7.78. The fraction of sp³-hybridized carbons (Fsp3) is 0.167. The molecule has 2 amide bonds. The molecule has 2 aromatic carbocycles. The number of urea groups is 1. The van der Waals surface area contributed by atoms with E-state index in [1.54, 1.807) is 13.8 Å². The van der Waals surface area contributed by atoms with Crippen molar-refractivity contribution in [2.75, 3.05) is 17.2 Å². The van der Waals surface area contributed by atoms with Crippen LogP contribution in [0.25, 0.3) is 10.8 Å². The Morgan fingerprint density at radius 3 is 2.68 bits per heavy atom. The Kier molecular flexibility index (Phi) is 4.95. The third-order valence-electron chi connectivity index (χ3n) is 3.52. The molecule has 6 nitrogen and oxygen atoms in total. The topological polar surface area (TPSA) is 80.3 Å². The third kappa shape index (κ3) is 3.77. The summed E-state index contributed by atoms with van der Waals surface area (Å²) in [4.78, 5) is 28.7. The number of ether oxygens (including phenoxy) is 1. The molecule has 0 unspecified atom stereocenters.